The van der Waals surface area contributed by atoms with Crippen LogP contribution in [0.2, 0.25) is 1.41 Å². The molecule has 0 amide bonds. The molecule has 2 nitrogen and oxygen atoms in total. The van der Waals surface area contributed by atoms with Gasteiger partial charge in [0.15, 0.2) is 0 Å². The van der Waals surface area contributed by atoms with Gasteiger partial charge in [-0.3, -0.25) is 5.31 Å². The van der Waals surface area contributed by atoms with Gasteiger partial charge in [0.2, 0.25) is 0 Å². The van der Waals surface area contributed by atoms with Gasteiger partial charge in [0, 0.05) is 17.8 Å². The molecule has 1 aliphatic heterocycles. The highest BCUT2D eigenvalue weighted by molar-refractivity contribution is 5.58. The maximum Gasteiger partial charge on any atom is 0.125 e. The fourth-order valence-electron chi connectivity index (χ4n) is 3.53. The number of hydrogen-bond acceptors (Lipinski definition) is 2. The summed E-state index contributed by atoms with van der Waals surface area (Å²) in [6.45, 7) is 10.8. The molecule has 0 saturated carbocycles. The van der Waals surface area contributed by atoms with Crippen LogP contribution < -0.4 is 10.2 Å². The van der Waals surface area contributed by atoms with Crippen LogP contribution >= 0.6 is 0 Å². The summed E-state index contributed by atoms with van der Waals surface area (Å²) in [5.41, 5.74) is 6.27. The predicted octanol–water partition coefficient (Wildman–Crippen LogP) is 4.50. The first-order valence-corrected chi connectivity index (χ1v) is 8.10. The van der Waals surface area contributed by atoms with E-state index in [-0.39, 0.29) is 18.2 Å². The Labute approximate surface area is 135 Å². The van der Waals surface area contributed by atoms with E-state index in [1.165, 1.54) is 27.9 Å². The second-order valence-electron chi connectivity index (χ2n) is 6.50. The predicted molar refractivity (Wildman–Crippen MR) is 94.4 cm³/mol. The third kappa shape index (κ3) is 2.42. The van der Waals surface area contributed by atoms with Crippen LogP contribution in [0.1, 0.15) is 42.3 Å². The van der Waals surface area contributed by atoms with Crippen LogP contribution in [0.4, 0.5) is 5.69 Å². The van der Waals surface area contributed by atoms with Gasteiger partial charge in [0.05, 0.1) is 0 Å². The zero-order valence-corrected chi connectivity index (χ0v) is 14.2. The minimum absolute atomic E-state index is 0.0395. The van der Waals surface area contributed by atoms with Gasteiger partial charge in [-0.1, -0.05) is 36.4 Å². The van der Waals surface area contributed by atoms with Crippen LogP contribution in [0.25, 0.3) is 0 Å². The number of benzene rings is 2. The van der Waals surface area contributed by atoms with Gasteiger partial charge in [-0.15, -0.1) is 0 Å². The van der Waals surface area contributed by atoms with E-state index in [1.54, 1.807) is 5.31 Å². The van der Waals surface area contributed by atoms with Gasteiger partial charge in [-0.25, -0.2) is 0 Å². The second-order valence-corrected chi connectivity index (χ2v) is 6.50. The first kappa shape index (κ1) is 13.8. The van der Waals surface area contributed by atoms with E-state index >= 15 is 0 Å². The Balaban J connectivity index is 2.18. The summed E-state index contributed by atoms with van der Waals surface area (Å²) in [6.07, 6.45) is -0.0395. The highest BCUT2D eigenvalue weighted by Crippen LogP contribution is 2.37. The van der Waals surface area contributed by atoms with E-state index in [4.69, 9.17) is 1.41 Å². The summed E-state index contributed by atoms with van der Waals surface area (Å²) >= 11 is 0. The van der Waals surface area contributed by atoms with Crippen molar-refractivity contribution in [3.05, 3.63) is 64.7 Å². The van der Waals surface area contributed by atoms with Crippen molar-refractivity contribution in [3.63, 3.8) is 0 Å². The Morgan fingerprint density at radius 2 is 1.50 bits per heavy atom. The number of nitrogens with one attached hydrogen (secondary N) is 1. The quantitative estimate of drug-likeness (QED) is 0.877. The zero-order chi connectivity index (χ0) is 16.7. The van der Waals surface area contributed by atoms with Crippen molar-refractivity contribution in [2.45, 2.75) is 52.9 Å². The minimum atomic E-state index is -0.0395. The third-order valence-electron chi connectivity index (χ3n) is 4.97. The van der Waals surface area contributed by atoms with Crippen LogP contribution in [0.3, 0.4) is 0 Å². The molecule has 1 heterocycles. The van der Waals surface area contributed by atoms with Crippen molar-refractivity contribution in [1.82, 2.24) is 5.31 Å². The minimum Gasteiger partial charge on any atom is -0.347 e. The molecule has 2 aromatic carbocycles. The lowest BCUT2D eigenvalue weighted by Gasteiger charge is -2.33. The summed E-state index contributed by atoms with van der Waals surface area (Å²) in [4.78, 5) is 2.42. The Morgan fingerprint density at radius 3 is 2.14 bits per heavy atom. The van der Waals surface area contributed by atoms with Crippen molar-refractivity contribution in [2.24, 2.45) is 0 Å². The van der Waals surface area contributed by atoms with Crippen molar-refractivity contribution in [3.8, 4) is 0 Å². The number of para-hydroxylation sites is 1. The molecular weight excluding hydrogens is 268 g/mol. The molecule has 0 spiro atoms. The summed E-state index contributed by atoms with van der Waals surface area (Å²) in [5, 5.41) is 1.77. The van der Waals surface area contributed by atoms with Gasteiger partial charge in [-0.05, 0) is 62.9 Å². The maximum absolute atomic E-state index is 8.70. The van der Waals surface area contributed by atoms with Crippen LogP contribution in [-0.2, 0) is 0 Å². The molecule has 116 valence electrons. The normalized spacial score (nSPS) is 26.3. The van der Waals surface area contributed by atoms with E-state index in [0.717, 1.165) is 0 Å². The molecule has 0 bridgehead atoms. The largest absolute Gasteiger partial charge is 0.347 e. The highest BCUT2D eigenvalue weighted by atomic mass is 15.4. The van der Waals surface area contributed by atoms with Gasteiger partial charge >= 0.3 is 0 Å². The standard InChI is InChI=1S/C20H26N2/c1-13-9-6-7-12-18(13)22-17(5)16(4)21-20(22)19-14(2)10-8-11-15(19)3/h6-12,16-17,20-21H,1-5H3/t16?,17-,20?/m0/s1/i/hD. The highest BCUT2D eigenvalue weighted by Gasteiger charge is 2.38. The first-order valence-electron chi connectivity index (χ1n) is 8.55. The summed E-state index contributed by atoms with van der Waals surface area (Å²) < 4.78 is 8.70. The first-order chi connectivity index (χ1) is 10.9. The monoisotopic (exact) mass is 295 g/mol. The fraction of sp³-hybridized carbons (Fsp3) is 0.400. The van der Waals surface area contributed by atoms with Gasteiger partial charge < -0.3 is 4.90 Å². The smallest absolute Gasteiger partial charge is 0.125 e. The van der Waals surface area contributed by atoms with Gasteiger partial charge in [0.1, 0.15) is 7.58 Å². The summed E-state index contributed by atoms with van der Waals surface area (Å²) in [5.74, 6) is 0. The summed E-state index contributed by atoms with van der Waals surface area (Å²) in [7, 11) is 0. The topological polar surface area (TPSA) is 15.3 Å². The lowest BCUT2D eigenvalue weighted by molar-refractivity contribution is 0.570. The molecule has 22 heavy (non-hydrogen) atoms. The van der Waals surface area contributed by atoms with E-state index in [2.05, 4.69) is 82.0 Å². The van der Waals surface area contributed by atoms with E-state index in [9.17, 15) is 0 Å². The van der Waals surface area contributed by atoms with E-state index < -0.39 is 0 Å². The molecule has 3 rings (SSSR count). The van der Waals surface area contributed by atoms with Crippen molar-refractivity contribution in [1.29, 1.82) is 0 Å². The SMILES string of the molecule is [2H]N1C(C)[C@H](C)N(c2ccccc2C)C1c1c(C)cccc1C. The fourth-order valence-corrected chi connectivity index (χ4v) is 3.53. The summed E-state index contributed by atoms with van der Waals surface area (Å²) in [6, 6.07) is 15.4. The van der Waals surface area contributed by atoms with Crippen LogP contribution in [-0.4, -0.2) is 12.1 Å². The third-order valence-corrected chi connectivity index (χ3v) is 4.97. The Hall–Kier alpha value is -1.80. The number of nitrogens with zero attached hydrogens (tertiary/aromatic N) is 1. The number of hydrogen-bond donors (Lipinski definition) is 1. The molecule has 1 N–H and O–H groups in total. The molecule has 2 unspecified atom stereocenters. The maximum atomic E-state index is 8.70. The molecule has 2 aromatic rings. The van der Waals surface area contributed by atoms with Crippen LogP contribution in [0, 0.1) is 20.8 Å². The van der Waals surface area contributed by atoms with Gasteiger partial charge in [-0.2, -0.15) is 0 Å². The Bertz CT molecular complexity index is 692. The van der Waals surface area contributed by atoms with E-state index in [1.807, 2.05) is 0 Å². The number of anilines is 1. The molecular formula is C20H26N2. The van der Waals surface area contributed by atoms with Crippen molar-refractivity contribution in [2.75, 3.05) is 4.90 Å². The average Bonchev–Trinajstić information content (AvgIpc) is 2.73. The molecule has 2 heteroatoms. The van der Waals surface area contributed by atoms with Crippen LogP contribution in [0.15, 0.2) is 42.5 Å². The molecule has 0 radical (unpaired) electrons. The molecule has 3 atom stereocenters. The molecule has 1 fully saturated rings. The average molecular weight is 295 g/mol. The number of rotatable bonds is 2. The Morgan fingerprint density at radius 1 is 0.909 bits per heavy atom. The molecule has 1 saturated heterocycles. The van der Waals surface area contributed by atoms with E-state index in [0.29, 0.717) is 0 Å². The zero-order valence-electron chi connectivity index (χ0n) is 15.2. The Kier molecular flexibility index (Phi) is 3.63. The van der Waals surface area contributed by atoms with Crippen molar-refractivity contribution >= 4 is 5.69 Å². The lowest BCUT2D eigenvalue weighted by atomic mass is 9.99. The van der Waals surface area contributed by atoms with Crippen molar-refractivity contribution < 1.29 is 1.41 Å². The second kappa shape index (κ2) is 5.77. The lowest BCUT2D eigenvalue weighted by Crippen LogP contribution is -2.33. The number of aryl methyl sites for hydroxylation is 3. The van der Waals surface area contributed by atoms with Gasteiger partial charge in [0.25, 0.3) is 0 Å². The molecule has 0 aliphatic carbocycles. The molecule has 1 aliphatic rings. The molecule has 0 aromatic heterocycles. The van der Waals surface area contributed by atoms with Crippen LogP contribution in [0.5, 0.6) is 0 Å².